The number of carboxylic acid groups (broad SMARTS) is 1. The standard InChI is InChI=1S/C34H35N3O4S/c1-3-4-14-33-36-30-20-19-27(35-22-32(42(2,40)41)26-10-6-5-7-11-26)21-31(30)37(33)23-24-15-17-25(18-16-24)28-12-8-9-13-29(28)34(38)39/h5-13,15-21,32,35H,3-4,14,22-23H2,1-2H3,(H,38,39). The van der Waals surface area contributed by atoms with Crippen molar-refractivity contribution in [3.63, 3.8) is 0 Å². The van der Waals surface area contributed by atoms with Gasteiger partial charge < -0.3 is 15.0 Å². The molecule has 0 saturated carbocycles. The lowest BCUT2D eigenvalue weighted by Crippen LogP contribution is -2.20. The highest BCUT2D eigenvalue weighted by molar-refractivity contribution is 7.91. The average molecular weight is 582 g/mol. The molecular weight excluding hydrogens is 546 g/mol. The van der Waals surface area contributed by atoms with E-state index in [4.69, 9.17) is 4.98 Å². The Morgan fingerprint density at radius 1 is 0.952 bits per heavy atom. The van der Waals surface area contributed by atoms with Crippen molar-refractivity contribution in [1.29, 1.82) is 0 Å². The Hall–Kier alpha value is -4.43. The number of anilines is 1. The Labute approximate surface area is 246 Å². The van der Waals surface area contributed by atoms with E-state index in [2.05, 4.69) is 16.8 Å². The normalized spacial score (nSPS) is 12.3. The van der Waals surface area contributed by atoms with Gasteiger partial charge in [-0.15, -0.1) is 0 Å². The third kappa shape index (κ3) is 6.55. The van der Waals surface area contributed by atoms with Gasteiger partial charge in [0.25, 0.3) is 0 Å². The van der Waals surface area contributed by atoms with Crippen LogP contribution in [0.1, 0.15) is 52.3 Å². The molecule has 1 atom stereocenters. The second-order valence-corrected chi connectivity index (χ2v) is 12.8. The number of aryl methyl sites for hydroxylation is 1. The van der Waals surface area contributed by atoms with Crippen LogP contribution in [0, 0.1) is 0 Å². The molecule has 0 amide bonds. The number of carbonyl (C=O) groups is 1. The highest BCUT2D eigenvalue weighted by Gasteiger charge is 2.23. The van der Waals surface area contributed by atoms with Crippen molar-refractivity contribution in [2.75, 3.05) is 18.1 Å². The number of hydrogen-bond acceptors (Lipinski definition) is 5. The summed E-state index contributed by atoms with van der Waals surface area (Å²) in [6.07, 6.45) is 4.20. The van der Waals surface area contributed by atoms with Gasteiger partial charge in [0, 0.05) is 31.5 Å². The second-order valence-electron chi connectivity index (χ2n) is 10.6. The third-order valence-electron chi connectivity index (χ3n) is 7.52. The number of hydrogen-bond donors (Lipinski definition) is 2. The van der Waals surface area contributed by atoms with Gasteiger partial charge in [0.15, 0.2) is 9.84 Å². The predicted molar refractivity (Wildman–Crippen MR) is 169 cm³/mol. The molecule has 7 nitrogen and oxygen atoms in total. The van der Waals surface area contributed by atoms with E-state index in [9.17, 15) is 18.3 Å². The first-order chi connectivity index (χ1) is 20.2. The summed E-state index contributed by atoms with van der Waals surface area (Å²) in [4.78, 5) is 16.6. The van der Waals surface area contributed by atoms with Crippen molar-refractivity contribution in [2.45, 2.75) is 38.0 Å². The molecule has 0 saturated heterocycles. The van der Waals surface area contributed by atoms with Crippen molar-refractivity contribution in [1.82, 2.24) is 9.55 Å². The monoisotopic (exact) mass is 581 g/mol. The summed E-state index contributed by atoms with van der Waals surface area (Å²) < 4.78 is 27.4. The molecule has 0 aliphatic rings. The minimum atomic E-state index is -3.33. The number of aromatic nitrogens is 2. The van der Waals surface area contributed by atoms with Gasteiger partial charge in [0.1, 0.15) is 11.1 Å². The SMILES string of the molecule is CCCCc1nc2ccc(NCC(c3ccccc3)S(C)(=O)=O)cc2n1Cc1ccc(-c2ccccc2C(=O)O)cc1. The maximum Gasteiger partial charge on any atom is 0.336 e. The molecule has 0 aliphatic heterocycles. The van der Waals surface area contributed by atoms with E-state index in [1.54, 1.807) is 12.1 Å². The van der Waals surface area contributed by atoms with Crippen LogP contribution in [0.25, 0.3) is 22.2 Å². The molecule has 5 aromatic rings. The predicted octanol–water partition coefficient (Wildman–Crippen LogP) is 6.99. The molecule has 216 valence electrons. The van der Waals surface area contributed by atoms with Crippen LogP contribution in [0.2, 0.25) is 0 Å². The molecule has 0 aliphatic carbocycles. The number of nitrogens with one attached hydrogen (secondary N) is 1. The fourth-order valence-corrected chi connectivity index (χ4v) is 6.31. The van der Waals surface area contributed by atoms with Crippen molar-refractivity contribution < 1.29 is 18.3 Å². The van der Waals surface area contributed by atoms with E-state index in [-0.39, 0.29) is 12.1 Å². The molecule has 0 fully saturated rings. The van der Waals surface area contributed by atoms with Gasteiger partial charge in [0.2, 0.25) is 0 Å². The van der Waals surface area contributed by atoms with E-state index < -0.39 is 21.1 Å². The average Bonchev–Trinajstić information content (AvgIpc) is 3.32. The van der Waals surface area contributed by atoms with Gasteiger partial charge in [-0.1, -0.05) is 86.1 Å². The largest absolute Gasteiger partial charge is 0.478 e. The maximum absolute atomic E-state index is 12.6. The van der Waals surface area contributed by atoms with Crippen LogP contribution in [-0.4, -0.2) is 41.8 Å². The number of aromatic carboxylic acids is 1. The zero-order chi connectivity index (χ0) is 29.7. The Morgan fingerprint density at radius 3 is 2.36 bits per heavy atom. The number of fused-ring (bicyclic) bond motifs is 1. The van der Waals surface area contributed by atoms with Crippen LogP contribution in [0.15, 0.2) is 97.1 Å². The summed E-state index contributed by atoms with van der Waals surface area (Å²) in [6, 6.07) is 30.2. The van der Waals surface area contributed by atoms with E-state index in [0.717, 1.165) is 58.5 Å². The van der Waals surface area contributed by atoms with Crippen LogP contribution in [0.5, 0.6) is 0 Å². The van der Waals surface area contributed by atoms with Gasteiger partial charge in [-0.2, -0.15) is 0 Å². The number of benzene rings is 4. The van der Waals surface area contributed by atoms with Gasteiger partial charge in [-0.05, 0) is 52.9 Å². The molecule has 42 heavy (non-hydrogen) atoms. The quantitative estimate of drug-likeness (QED) is 0.165. The lowest BCUT2D eigenvalue weighted by atomic mass is 9.99. The zero-order valence-corrected chi connectivity index (χ0v) is 24.6. The summed E-state index contributed by atoms with van der Waals surface area (Å²) in [5, 5.41) is 12.3. The first-order valence-electron chi connectivity index (χ1n) is 14.1. The number of sulfone groups is 1. The molecule has 0 radical (unpaired) electrons. The lowest BCUT2D eigenvalue weighted by Gasteiger charge is -2.17. The van der Waals surface area contributed by atoms with E-state index in [1.165, 1.54) is 6.26 Å². The minimum Gasteiger partial charge on any atom is -0.478 e. The van der Waals surface area contributed by atoms with Gasteiger partial charge >= 0.3 is 5.97 Å². The highest BCUT2D eigenvalue weighted by atomic mass is 32.2. The van der Waals surface area contributed by atoms with Crippen molar-refractivity contribution >= 4 is 32.5 Å². The van der Waals surface area contributed by atoms with Crippen LogP contribution < -0.4 is 5.32 Å². The van der Waals surface area contributed by atoms with Crippen LogP contribution in [0.4, 0.5) is 5.69 Å². The Bertz CT molecular complexity index is 1800. The highest BCUT2D eigenvalue weighted by Crippen LogP contribution is 2.28. The van der Waals surface area contributed by atoms with Crippen molar-refractivity contribution in [2.24, 2.45) is 0 Å². The van der Waals surface area contributed by atoms with Gasteiger partial charge in [-0.3, -0.25) is 0 Å². The summed E-state index contributed by atoms with van der Waals surface area (Å²) in [5.41, 5.74) is 6.34. The van der Waals surface area contributed by atoms with Crippen molar-refractivity contribution in [3.8, 4) is 11.1 Å². The van der Waals surface area contributed by atoms with Crippen LogP contribution >= 0.6 is 0 Å². The molecule has 4 aromatic carbocycles. The number of carboxylic acids is 1. The molecular formula is C34H35N3O4S. The first-order valence-corrected chi connectivity index (χ1v) is 16.1. The zero-order valence-electron chi connectivity index (χ0n) is 23.8. The van der Waals surface area contributed by atoms with E-state index >= 15 is 0 Å². The van der Waals surface area contributed by atoms with Gasteiger partial charge in [0.05, 0.1) is 16.6 Å². The van der Waals surface area contributed by atoms with Gasteiger partial charge in [-0.25, -0.2) is 18.2 Å². The fraction of sp³-hybridized carbons (Fsp3) is 0.235. The van der Waals surface area contributed by atoms with Crippen LogP contribution in [-0.2, 0) is 22.8 Å². The smallest absolute Gasteiger partial charge is 0.336 e. The first kappa shape index (κ1) is 29.1. The maximum atomic E-state index is 12.6. The van der Waals surface area contributed by atoms with E-state index in [0.29, 0.717) is 12.1 Å². The topological polar surface area (TPSA) is 101 Å². The Balaban J connectivity index is 1.44. The van der Waals surface area contributed by atoms with E-state index in [1.807, 2.05) is 84.9 Å². The number of rotatable bonds is 12. The summed E-state index contributed by atoms with van der Waals surface area (Å²) in [5.74, 6) is 0.0544. The molecule has 8 heteroatoms. The molecule has 1 unspecified atom stereocenters. The molecule has 2 N–H and O–H groups in total. The van der Waals surface area contributed by atoms with Crippen LogP contribution in [0.3, 0.4) is 0 Å². The Morgan fingerprint density at radius 2 is 1.67 bits per heavy atom. The number of nitrogens with zero attached hydrogens (tertiary/aromatic N) is 2. The summed E-state index contributed by atoms with van der Waals surface area (Å²) in [7, 11) is -3.33. The Kier molecular flexibility index (Phi) is 8.73. The third-order valence-corrected chi connectivity index (χ3v) is 9.00. The molecule has 5 rings (SSSR count). The van der Waals surface area contributed by atoms with Crippen molar-refractivity contribution in [3.05, 3.63) is 120 Å². The second kappa shape index (κ2) is 12.6. The molecule has 1 heterocycles. The summed E-state index contributed by atoms with van der Waals surface area (Å²) >= 11 is 0. The lowest BCUT2D eigenvalue weighted by molar-refractivity contribution is 0.0697. The fourth-order valence-electron chi connectivity index (χ4n) is 5.27. The summed E-state index contributed by atoms with van der Waals surface area (Å²) in [6.45, 7) is 3.02. The molecule has 0 spiro atoms. The number of unbranched alkanes of at least 4 members (excludes halogenated alkanes) is 1. The molecule has 0 bridgehead atoms. The minimum absolute atomic E-state index is 0.254. The molecule has 1 aromatic heterocycles. The number of imidazole rings is 1.